The molecule has 0 aliphatic heterocycles. The van der Waals surface area contributed by atoms with Gasteiger partial charge in [-0.25, -0.2) is 22.9 Å². The molecule has 0 bridgehead atoms. The molecule has 46 heavy (non-hydrogen) atoms. The molecular formula is C34H41N5O5S2. The molecule has 5 rings (SSSR count). The minimum absolute atomic E-state index is 0.0392. The number of rotatable bonds is 10. The van der Waals surface area contributed by atoms with E-state index in [1.807, 2.05) is 69.3 Å². The number of sulfonamides is 1. The molecule has 0 saturated heterocycles. The number of nitrogens with zero attached hydrogens (tertiary/aromatic N) is 1. The number of aromatic nitrogens is 1. The predicted molar refractivity (Wildman–Crippen MR) is 181 cm³/mol. The van der Waals surface area contributed by atoms with Crippen molar-refractivity contribution in [3.05, 3.63) is 88.9 Å². The highest BCUT2D eigenvalue weighted by atomic mass is 32.2. The number of ether oxygens (including phenoxy) is 1. The number of carbonyl (C=O) groups is 2. The molecule has 1 aliphatic rings. The standard InChI is InChI=1S/C34H41N5O5S2/c1-34(2,3)44-33(41)37-25-16-14-24(15-17-25)31(40)36-26-10-7-11-27(20-26)46(42,43)39-29(19-22-8-6-9-23(18-22)21-35)32-38-28-12-4-5-13-30(28)45-32/h4-13,18,20,24-25,29,39H,14-17,19,21,35H2,1-3H3,(H,36,40)(H,37,41). The van der Waals surface area contributed by atoms with Crippen molar-refractivity contribution in [1.82, 2.24) is 15.0 Å². The third kappa shape index (κ3) is 8.91. The van der Waals surface area contributed by atoms with Gasteiger partial charge in [-0.1, -0.05) is 42.5 Å². The fraction of sp³-hybridized carbons (Fsp3) is 0.382. The molecular weight excluding hydrogens is 623 g/mol. The van der Waals surface area contributed by atoms with Gasteiger partial charge in [-0.3, -0.25) is 4.79 Å². The number of nitrogens with two attached hydrogens (primary N) is 1. The first-order chi connectivity index (χ1) is 21.9. The SMILES string of the molecule is CC(C)(C)OC(=O)NC1CCC(C(=O)Nc2cccc(S(=O)(=O)NC(Cc3cccc(CN)c3)c3nc4ccccc4s3)c2)CC1. The number of benzene rings is 3. The second kappa shape index (κ2) is 14.3. The van der Waals surface area contributed by atoms with Crippen molar-refractivity contribution in [2.75, 3.05) is 5.32 Å². The van der Waals surface area contributed by atoms with Crippen LogP contribution in [0.2, 0.25) is 0 Å². The van der Waals surface area contributed by atoms with Crippen LogP contribution in [0, 0.1) is 5.92 Å². The van der Waals surface area contributed by atoms with Crippen LogP contribution in [-0.4, -0.2) is 37.0 Å². The van der Waals surface area contributed by atoms with Crippen molar-refractivity contribution < 1.29 is 22.7 Å². The Balaban J connectivity index is 1.27. The Labute approximate surface area is 274 Å². The number of amides is 2. The van der Waals surface area contributed by atoms with Gasteiger partial charge in [0.1, 0.15) is 10.6 Å². The number of para-hydroxylation sites is 1. The summed E-state index contributed by atoms with van der Waals surface area (Å²) in [6.07, 6.45) is 2.42. The molecule has 1 unspecified atom stereocenters. The van der Waals surface area contributed by atoms with Crippen molar-refractivity contribution in [3.8, 4) is 0 Å². The number of thiazole rings is 1. The Kier molecular flexibility index (Phi) is 10.4. The third-order valence-corrected chi connectivity index (χ3v) is 10.4. The summed E-state index contributed by atoms with van der Waals surface area (Å²) < 4.78 is 36.8. The van der Waals surface area contributed by atoms with Gasteiger partial charge >= 0.3 is 6.09 Å². The fourth-order valence-electron chi connectivity index (χ4n) is 5.55. The van der Waals surface area contributed by atoms with Crippen molar-refractivity contribution in [2.45, 2.75) is 82.0 Å². The van der Waals surface area contributed by atoms with E-state index in [9.17, 15) is 18.0 Å². The van der Waals surface area contributed by atoms with Crippen LogP contribution in [0.5, 0.6) is 0 Å². The predicted octanol–water partition coefficient (Wildman–Crippen LogP) is 6.04. The fourth-order valence-corrected chi connectivity index (χ4v) is 7.89. The zero-order valence-electron chi connectivity index (χ0n) is 26.3. The van der Waals surface area contributed by atoms with E-state index < -0.39 is 27.8 Å². The first kappa shape index (κ1) is 33.5. The van der Waals surface area contributed by atoms with Crippen LogP contribution in [0.1, 0.15) is 68.6 Å². The average Bonchev–Trinajstić information content (AvgIpc) is 3.45. The number of hydrogen-bond donors (Lipinski definition) is 4. The molecule has 12 heteroatoms. The molecule has 1 atom stereocenters. The Morgan fingerprint density at radius 3 is 2.41 bits per heavy atom. The zero-order valence-corrected chi connectivity index (χ0v) is 27.9. The van der Waals surface area contributed by atoms with Crippen LogP contribution >= 0.6 is 11.3 Å². The van der Waals surface area contributed by atoms with Crippen LogP contribution < -0.4 is 21.1 Å². The molecule has 1 aliphatic carbocycles. The van der Waals surface area contributed by atoms with Gasteiger partial charge in [0.15, 0.2) is 0 Å². The summed E-state index contributed by atoms with van der Waals surface area (Å²) in [5.74, 6) is -0.423. The van der Waals surface area contributed by atoms with Crippen molar-refractivity contribution in [2.24, 2.45) is 11.7 Å². The molecule has 1 saturated carbocycles. The van der Waals surface area contributed by atoms with Gasteiger partial charge in [0.05, 0.1) is 21.2 Å². The highest BCUT2D eigenvalue weighted by molar-refractivity contribution is 7.89. The highest BCUT2D eigenvalue weighted by Crippen LogP contribution is 2.31. The average molecular weight is 664 g/mol. The summed E-state index contributed by atoms with van der Waals surface area (Å²) in [5, 5.41) is 6.45. The third-order valence-electron chi connectivity index (χ3n) is 7.80. The van der Waals surface area contributed by atoms with Crippen LogP contribution in [-0.2, 0) is 32.5 Å². The molecule has 1 aromatic heterocycles. The zero-order chi connectivity index (χ0) is 32.9. The van der Waals surface area contributed by atoms with E-state index in [2.05, 4.69) is 15.4 Å². The second-order valence-electron chi connectivity index (χ2n) is 12.6. The molecule has 0 radical (unpaired) electrons. The summed E-state index contributed by atoms with van der Waals surface area (Å²) >= 11 is 1.45. The van der Waals surface area contributed by atoms with E-state index in [1.165, 1.54) is 23.5 Å². The van der Waals surface area contributed by atoms with Gasteiger partial charge in [0, 0.05) is 24.2 Å². The Bertz CT molecular complexity index is 1760. The number of nitrogens with one attached hydrogen (secondary N) is 3. The van der Waals surface area contributed by atoms with Gasteiger partial charge in [-0.05, 0) is 94.3 Å². The normalized spacial score (nSPS) is 17.7. The highest BCUT2D eigenvalue weighted by Gasteiger charge is 2.29. The summed E-state index contributed by atoms with van der Waals surface area (Å²) in [6.45, 7) is 5.82. The largest absolute Gasteiger partial charge is 0.444 e. The molecule has 0 spiro atoms. The monoisotopic (exact) mass is 663 g/mol. The molecule has 3 aromatic carbocycles. The first-order valence-corrected chi connectivity index (χ1v) is 17.7. The minimum Gasteiger partial charge on any atom is -0.444 e. The Hall–Kier alpha value is -3.84. The molecule has 10 nitrogen and oxygen atoms in total. The van der Waals surface area contributed by atoms with Crippen molar-refractivity contribution >= 4 is 49.3 Å². The Morgan fingerprint density at radius 2 is 1.70 bits per heavy atom. The lowest BCUT2D eigenvalue weighted by molar-refractivity contribution is -0.120. The number of alkyl carbamates (subject to hydrolysis) is 1. The second-order valence-corrected chi connectivity index (χ2v) is 15.4. The van der Waals surface area contributed by atoms with E-state index in [0.29, 0.717) is 49.3 Å². The lowest BCUT2D eigenvalue weighted by Crippen LogP contribution is -2.42. The van der Waals surface area contributed by atoms with E-state index in [1.54, 1.807) is 12.1 Å². The van der Waals surface area contributed by atoms with Crippen LogP contribution in [0.3, 0.4) is 0 Å². The maximum atomic E-state index is 13.8. The number of carbonyl (C=O) groups excluding carboxylic acids is 2. The quantitative estimate of drug-likeness (QED) is 0.161. The smallest absolute Gasteiger partial charge is 0.407 e. The van der Waals surface area contributed by atoms with Gasteiger partial charge in [-0.2, -0.15) is 0 Å². The van der Waals surface area contributed by atoms with Gasteiger partial charge in [-0.15, -0.1) is 11.3 Å². The molecule has 4 aromatic rings. The summed E-state index contributed by atoms with van der Waals surface area (Å²) in [4.78, 5) is 30.1. The van der Waals surface area contributed by atoms with Crippen molar-refractivity contribution in [1.29, 1.82) is 0 Å². The molecule has 244 valence electrons. The van der Waals surface area contributed by atoms with Crippen LogP contribution in [0.15, 0.2) is 77.7 Å². The Morgan fingerprint density at radius 1 is 0.978 bits per heavy atom. The first-order valence-electron chi connectivity index (χ1n) is 15.4. The molecule has 1 fully saturated rings. The van der Waals surface area contributed by atoms with Gasteiger partial charge in [0.2, 0.25) is 15.9 Å². The van der Waals surface area contributed by atoms with Gasteiger partial charge < -0.3 is 21.1 Å². The maximum absolute atomic E-state index is 13.8. The van der Waals surface area contributed by atoms with E-state index in [-0.39, 0.29) is 22.8 Å². The van der Waals surface area contributed by atoms with Crippen LogP contribution in [0.25, 0.3) is 10.2 Å². The summed E-state index contributed by atoms with van der Waals surface area (Å²) in [5.41, 5.74) is 8.38. The lowest BCUT2D eigenvalue weighted by Gasteiger charge is -2.29. The number of fused-ring (bicyclic) bond motifs is 1. The molecule has 2 amide bonds. The van der Waals surface area contributed by atoms with E-state index in [4.69, 9.17) is 15.5 Å². The van der Waals surface area contributed by atoms with Gasteiger partial charge in [0.25, 0.3) is 0 Å². The number of hydrogen-bond acceptors (Lipinski definition) is 8. The van der Waals surface area contributed by atoms with Crippen LogP contribution in [0.4, 0.5) is 10.5 Å². The van der Waals surface area contributed by atoms with E-state index in [0.717, 1.165) is 21.3 Å². The van der Waals surface area contributed by atoms with E-state index >= 15 is 0 Å². The maximum Gasteiger partial charge on any atom is 0.407 e. The topological polar surface area (TPSA) is 153 Å². The van der Waals surface area contributed by atoms with Crippen molar-refractivity contribution in [3.63, 3.8) is 0 Å². The number of anilines is 1. The minimum atomic E-state index is -4.01. The lowest BCUT2D eigenvalue weighted by atomic mass is 9.85. The summed E-state index contributed by atoms with van der Waals surface area (Å²) in [7, 11) is -4.01. The molecule has 5 N–H and O–H groups in total. The summed E-state index contributed by atoms with van der Waals surface area (Å²) in [6, 6.07) is 21.1. The molecule has 1 heterocycles.